The van der Waals surface area contributed by atoms with Gasteiger partial charge in [-0.2, -0.15) is 0 Å². The highest BCUT2D eigenvalue weighted by Crippen LogP contribution is 2.12. The zero-order valence-corrected chi connectivity index (χ0v) is 13.0. The van der Waals surface area contributed by atoms with Gasteiger partial charge in [0.1, 0.15) is 5.75 Å². The van der Waals surface area contributed by atoms with E-state index in [1.807, 2.05) is 31.2 Å². The fourth-order valence-electron chi connectivity index (χ4n) is 1.94. The fourth-order valence-corrected chi connectivity index (χ4v) is 1.94. The molecule has 116 valence electrons. The Kier molecular flexibility index (Phi) is 7.29. The van der Waals surface area contributed by atoms with Gasteiger partial charge in [0.25, 0.3) is 0 Å². The van der Waals surface area contributed by atoms with Crippen molar-refractivity contribution in [2.24, 2.45) is 0 Å². The number of benzene rings is 1. The van der Waals surface area contributed by atoms with Crippen molar-refractivity contribution in [3.63, 3.8) is 0 Å². The molecule has 1 rings (SSSR count). The zero-order chi connectivity index (χ0) is 15.7. The molecule has 0 radical (unpaired) electrons. The molecular weight excluding hydrogens is 268 g/mol. The Labute approximate surface area is 126 Å². The molecule has 0 saturated carbocycles. The first-order valence-electron chi connectivity index (χ1n) is 7.22. The van der Waals surface area contributed by atoms with Crippen LogP contribution < -0.4 is 10.1 Å². The monoisotopic (exact) mass is 292 g/mol. The Morgan fingerprint density at radius 2 is 1.86 bits per heavy atom. The Bertz CT molecular complexity index is 457. The first-order valence-corrected chi connectivity index (χ1v) is 7.22. The van der Waals surface area contributed by atoms with Crippen LogP contribution >= 0.6 is 0 Å². The molecule has 5 heteroatoms. The quantitative estimate of drug-likeness (QED) is 0.792. The normalized spacial score (nSPS) is 10.0. The lowest BCUT2D eigenvalue weighted by molar-refractivity contribution is -0.129. The third-order valence-corrected chi connectivity index (χ3v) is 3.30. The van der Waals surface area contributed by atoms with Gasteiger partial charge in [-0.15, -0.1) is 0 Å². The van der Waals surface area contributed by atoms with E-state index in [0.717, 1.165) is 17.7 Å². The molecule has 5 nitrogen and oxygen atoms in total. The minimum atomic E-state index is 0.00802. The summed E-state index contributed by atoms with van der Waals surface area (Å²) in [5, 5.41) is 2.78. The number of nitrogens with zero attached hydrogens (tertiary/aromatic N) is 1. The molecule has 1 aromatic carbocycles. The van der Waals surface area contributed by atoms with Gasteiger partial charge in [0.15, 0.2) is 0 Å². The molecule has 0 aliphatic heterocycles. The summed E-state index contributed by atoms with van der Waals surface area (Å²) in [6.07, 6.45) is 1.25. The van der Waals surface area contributed by atoms with E-state index in [9.17, 15) is 9.59 Å². The van der Waals surface area contributed by atoms with Gasteiger partial charge in [-0.25, -0.2) is 0 Å². The van der Waals surface area contributed by atoms with Crippen molar-refractivity contribution in [1.82, 2.24) is 10.2 Å². The molecule has 0 saturated heterocycles. The lowest BCUT2D eigenvalue weighted by Gasteiger charge is -2.21. The highest BCUT2D eigenvalue weighted by atomic mass is 16.5. The molecular formula is C16H24N2O3. The summed E-state index contributed by atoms with van der Waals surface area (Å²) in [6.45, 7) is 5.03. The van der Waals surface area contributed by atoms with Gasteiger partial charge in [-0.3, -0.25) is 9.59 Å². The van der Waals surface area contributed by atoms with E-state index in [-0.39, 0.29) is 11.8 Å². The molecule has 0 spiro atoms. The second-order valence-electron chi connectivity index (χ2n) is 4.81. The smallest absolute Gasteiger partial charge is 0.219 e. The van der Waals surface area contributed by atoms with Crippen molar-refractivity contribution in [3.8, 4) is 5.75 Å². The van der Waals surface area contributed by atoms with E-state index in [0.29, 0.717) is 26.1 Å². The van der Waals surface area contributed by atoms with Crippen molar-refractivity contribution in [3.05, 3.63) is 29.8 Å². The maximum absolute atomic E-state index is 11.6. The number of amides is 2. The molecule has 0 aliphatic rings. The SMILES string of the molecule is CCC(=O)NCCN(CCc1ccc(OC)cc1)C(C)=O. The third kappa shape index (κ3) is 6.29. The van der Waals surface area contributed by atoms with Gasteiger partial charge in [-0.1, -0.05) is 19.1 Å². The molecule has 0 bridgehead atoms. The molecule has 0 heterocycles. The third-order valence-electron chi connectivity index (χ3n) is 3.30. The fraction of sp³-hybridized carbons (Fsp3) is 0.500. The first-order chi connectivity index (χ1) is 10.1. The van der Waals surface area contributed by atoms with Crippen LogP contribution in [0.5, 0.6) is 5.75 Å². The van der Waals surface area contributed by atoms with Crippen LogP contribution in [0.2, 0.25) is 0 Å². The number of carbonyl (C=O) groups is 2. The van der Waals surface area contributed by atoms with Crippen molar-refractivity contribution < 1.29 is 14.3 Å². The van der Waals surface area contributed by atoms with Crippen LogP contribution in [0.3, 0.4) is 0 Å². The van der Waals surface area contributed by atoms with Crippen LogP contribution in [0.25, 0.3) is 0 Å². The van der Waals surface area contributed by atoms with Crippen LogP contribution in [0.1, 0.15) is 25.8 Å². The maximum atomic E-state index is 11.6. The average Bonchev–Trinajstić information content (AvgIpc) is 2.50. The highest BCUT2D eigenvalue weighted by Gasteiger charge is 2.09. The average molecular weight is 292 g/mol. The van der Waals surface area contributed by atoms with Gasteiger partial charge >= 0.3 is 0 Å². The summed E-state index contributed by atoms with van der Waals surface area (Å²) in [4.78, 5) is 24.5. The lowest BCUT2D eigenvalue weighted by Crippen LogP contribution is -2.38. The summed E-state index contributed by atoms with van der Waals surface area (Å²) in [7, 11) is 1.64. The minimum Gasteiger partial charge on any atom is -0.497 e. The topological polar surface area (TPSA) is 58.6 Å². The van der Waals surface area contributed by atoms with E-state index in [4.69, 9.17) is 4.74 Å². The Morgan fingerprint density at radius 3 is 2.38 bits per heavy atom. The summed E-state index contributed by atoms with van der Waals surface area (Å²) in [5.74, 6) is 0.854. The number of nitrogens with one attached hydrogen (secondary N) is 1. The zero-order valence-electron chi connectivity index (χ0n) is 13.0. The highest BCUT2D eigenvalue weighted by molar-refractivity contribution is 5.76. The van der Waals surface area contributed by atoms with Crippen LogP contribution in [0.4, 0.5) is 0 Å². The number of carbonyl (C=O) groups excluding carboxylic acids is 2. The van der Waals surface area contributed by atoms with Gasteiger partial charge in [0.05, 0.1) is 7.11 Å². The van der Waals surface area contributed by atoms with Crippen LogP contribution in [0, 0.1) is 0 Å². The molecule has 0 atom stereocenters. The largest absolute Gasteiger partial charge is 0.497 e. The minimum absolute atomic E-state index is 0.00802. The first kappa shape index (κ1) is 17.0. The molecule has 0 unspecified atom stereocenters. The Balaban J connectivity index is 2.42. The standard InChI is InChI=1S/C16H24N2O3/c1-4-16(20)17-10-12-18(13(2)19)11-9-14-5-7-15(21-3)8-6-14/h5-8H,4,9-12H2,1-3H3,(H,17,20). The Hall–Kier alpha value is -2.04. The molecule has 21 heavy (non-hydrogen) atoms. The van der Waals surface area contributed by atoms with E-state index >= 15 is 0 Å². The maximum Gasteiger partial charge on any atom is 0.219 e. The second kappa shape index (κ2) is 9.00. The second-order valence-corrected chi connectivity index (χ2v) is 4.81. The number of ether oxygens (including phenoxy) is 1. The van der Waals surface area contributed by atoms with Crippen molar-refractivity contribution in [2.75, 3.05) is 26.7 Å². The summed E-state index contributed by atoms with van der Waals surface area (Å²) >= 11 is 0. The summed E-state index contributed by atoms with van der Waals surface area (Å²) in [5.41, 5.74) is 1.15. The van der Waals surface area contributed by atoms with Crippen LogP contribution in [-0.4, -0.2) is 43.5 Å². The molecule has 0 fully saturated rings. The van der Waals surface area contributed by atoms with E-state index in [2.05, 4.69) is 5.32 Å². The van der Waals surface area contributed by atoms with Crippen LogP contribution in [0.15, 0.2) is 24.3 Å². The summed E-state index contributed by atoms with van der Waals surface area (Å²) in [6, 6.07) is 7.82. The molecule has 0 aromatic heterocycles. The molecule has 1 N–H and O–H groups in total. The van der Waals surface area contributed by atoms with Crippen molar-refractivity contribution in [1.29, 1.82) is 0 Å². The summed E-state index contributed by atoms with van der Waals surface area (Å²) < 4.78 is 5.11. The van der Waals surface area contributed by atoms with Gasteiger partial charge in [0.2, 0.25) is 11.8 Å². The number of hydrogen-bond donors (Lipinski definition) is 1. The van der Waals surface area contributed by atoms with Crippen LogP contribution in [-0.2, 0) is 16.0 Å². The van der Waals surface area contributed by atoms with Crippen molar-refractivity contribution >= 4 is 11.8 Å². The number of methoxy groups -OCH3 is 1. The van der Waals surface area contributed by atoms with Crippen molar-refractivity contribution in [2.45, 2.75) is 26.7 Å². The molecule has 0 aliphatic carbocycles. The van der Waals surface area contributed by atoms with Gasteiger partial charge in [-0.05, 0) is 24.1 Å². The Morgan fingerprint density at radius 1 is 1.19 bits per heavy atom. The number of hydrogen-bond acceptors (Lipinski definition) is 3. The van der Waals surface area contributed by atoms with Gasteiger partial charge < -0.3 is 15.0 Å². The number of rotatable bonds is 8. The van der Waals surface area contributed by atoms with E-state index < -0.39 is 0 Å². The molecule has 1 aromatic rings. The predicted octanol–water partition coefficient (Wildman–Crippen LogP) is 1.61. The predicted molar refractivity (Wildman–Crippen MR) is 82.3 cm³/mol. The van der Waals surface area contributed by atoms with E-state index in [1.54, 1.807) is 18.9 Å². The molecule has 2 amide bonds. The van der Waals surface area contributed by atoms with Gasteiger partial charge in [0, 0.05) is 33.0 Å². The van der Waals surface area contributed by atoms with E-state index in [1.165, 1.54) is 0 Å². The lowest BCUT2D eigenvalue weighted by atomic mass is 10.1.